The highest BCUT2D eigenvalue weighted by Crippen LogP contribution is 2.21. The van der Waals surface area contributed by atoms with Crippen molar-refractivity contribution in [3.8, 4) is 0 Å². The van der Waals surface area contributed by atoms with Crippen molar-refractivity contribution in [2.45, 2.75) is 23.8 Å². The molecule has 1 aliphatic rings. The molecule has 0 amide bonds. The third-order valence-electron chi connectivity index (χ3n) is 2.97. The second-order valence-electron chi connectivity index (χ2n) is 4.31. The summed E-state index contributed by atoms with van der Waals surface area (Å²) in [5, 5.41) is 0. The van der Waals surface area contributed by atoms with Crippen LogP contribution >= 0.6 is 0 Å². The van der Waals surface area contributed by atoms with Gasteiger partial charge in [-0.2, -0.15) is 4.31 Å². The summed E-state index contributed by atoms with van der Waals surface area (Å²) in [5.41, 5.74) is 5.60. The first-order valence-electron chi connectivity index (χ1n) is 5.80. The molecule has 2 heterocycles. The molecule has 0 aromatic carbocycles. The molecule has 0 bridgehead atoms. The van der Waals surface area contributed by atoms with Crippen LogP contribution < -0.4 is 5.73 Å². The number of pyridine rings is 1. The Labute approximate surface area is 107 Å². The van der Waals surface area contributed by atoms with Gasteiger partial charge in [0.05, 0.1) is 6.10 Å². The van der Waals surface area contributed by atoms with Gasteiger partial charge in [0.15, 0.2) is 0 Å². The van der Waals surface area contributed by atoms with Gasteiger partial charge in [0.2, 0.25) is 10.0 Å². The predicted molar refractivity (Wildman–Crippen MR) is 67.4 cm³/mol. The second-order valence-corrected chi connectivity index (χ2v) is 6.32. The number of nitrogens with two attached hydrogens (primary N) is 1. The molecule has 18 heavy (non-hydrogen) atoms. The minimum absolute atomic E-state index is 0.0247. The Hall–Kier alpha value is -1.18. The van der Waals surface area contributed by atoms with E-state index in [0.29, 0.717) is 13.2 Å². The lowest BCUT2D eigenvalue weighted by Crippen LogP contribution is -2.34. The van der Waals surface area contributed by atoms with Gasteiger partial charge in [-0.15, -0.1) is 0 Å². The molecular weight excluding hydrogens is 254 g/mol. The lowest BCUT2D eigenvalue weighted by atomic mass is 10.2. The maximum Gasteiger partial charge on any atom is 0.246 e. The summed E-state index contributed by atoms with van der Waals surface area (Å²) in [6.07, 6.45) is 3.31. The molecule has 1 aromatic heterocycles. The molecule has 1 saturated heterocycles. The molecule has 100 valence electrons. The first-order valence-corrected chi connectivity index (χ1v) is 7.24. The van der Waals surface area contributed by atoms with Crippen molar-refractivity contribution in [2.24, 2.45) is 0 Å². The van der Waals surface area contributed by atoms with Crippen LogP contribution in [0.3, 0.4) is 0 Å². The molecule has 0 saturated carbocycles. The summed E-state index contributed by atoms with van der Waals surface area (Å²) in [6, 6.07) is 3.02. The number of sulfonamides is 1. The summed E-state index contributed by atoms with van der Waals surface area (Å²) in [7, 11) is -2.06. The van der Waals surface area contributed by atoms with Crippen LogP contribution in [-0.2, 0) is 14.8 Å². The number of anilines is 1. The summed E-state index contributed by atoms with van der Waals surface area (Å²) in [5.74, 6) is 0.0247. The van der Waals surface area contributed by atoms with Crippen molar-refractivity contribution in [1.82, 2.24) is 9.29 Å². The van der Waals surface area contributed by atoms with Crippen LogP contribution in [0.15, 0.2) is 23.2 Å². The number of rotatable bonds is 4. The molecule has 1 fully saturated rings. The summed E-state index contributed by atoms with van der Waals surface area (Å²) >= 11 is 0. The third-order valence-corrected chi connectivity index (χ3v) is 4.84. The van der Waals surface area contributed by atoms with Gasteiger partial charge in [-0.25, -0.2) is 13.4 Å². The van der Waals surface area contributed by atoms with E-state index in [-0.39, 0.29) is 16.8 Å². The topological polar surface area (TPSA) is 85.5 Å². The average molecular weight is 271 g/mol. The minimum Gasteiger partial charge on any atom is -0.383 e. The molecule has 6 nitrogen and oxygen atoms in total. The van der Waals surface area contributed by atoms with Gasteiger partial charge in [-0.05, 0) is 25.0 Å². The van der Waals surface area contributed by atoms with Crippen molar-refractivity contribution < 1.29 is 13.2 Å². The summed E-state index contributed by atoms with van der Waals surface area (Å²) in [4.78, 5) is 3.85. The highest BCUT2D eigenvalue weighted by atomic mass is 32.2. The Balaban J connectivity index is 2.17. The number of nitrogens with zero attached hydrogens (tertiary/aromatic N) is 2. The molecule has 2 N–H and O–H groups in total. The fourth-order valence-electron chi connectivity index (χ4n) is 1.96. The normalized spacial score (nSPS) is 20.4. The maximum absolute atomic E-state index is 12.3. The molecule has 1 aliphatic heterocycles. The summed E-state index contributed by atoms with van der Waals surface area (Å²) < 4.78 is 31.3. The molecule has 1 aromatic rings. The van der Waals surface area contributed by atoms with Gasteiger partial charge >= 0.3 is 0 Å². The van der Waals surface area contributed by atoms with Gasteiger partial charge in [0.1, 0.15) is 10.7 Å². The van der Waals surface area contributed by atoms with E-state index < -0.39 is 10.0 Å². The highest BCUT2D eigenvalue weighted by Gasteiger charge is 2.27. The van der Waals surface area contributed by atoms with Crippen molar-refractivity contribution in [3.63, 3.8) is 0 Å². The van der Waals surface area contributed by atoms with Crippen molar-refractivity contribution in [3.05, 3.63) is 18.3 Å². The van der Waals surface area contributed by atoms with E-state index in [4.69, 9.17) is 10.5 Å². The smallest absolute Gasteiger partial charge is 0.246 e. The monoisotopic (exact) mass is 271 g/mol. The van der Waals surface area contributed by atoms with Crippen molar-refractivity contribution in [1.29, 1.82) is 0 Å². The number of hydrogen-bond donors (Lipinski definition) is 1. The Morgan fingerprint density at radius 1 is 1.61 bits per heavy atom. The standard InChI is InChI=1S/C11H17N3O3S/c1-14(8-9-4-3-7-17-9)18(15,16)10-5-2-6-13-11(10)12/h2,5-6,9H,3-4,7-8H2,1H3,(H2,12,13). The fraction of sp³-hybridized carbons (Fsp3) is 0.545. The zero-order chi connectivity index (χ0) is 13.2. The van der Waals surface area contributed by atoms with Crippen LogP contribution in [0.2, 0.25) is 0 Å². The second kappa shape index (κ2) is 5.21. The quantitative estimate of drug-likeness (QED) is 0.860. The van der Waals surface area contributed by atoms with E-state index >= 15 is 0 Å². The van der Waals surface area contributed by atoms with E-state index in [0.717, 1.165) is 12.8 Å². The highest BCUT2D eigenvalue weighted by molar-refractivity contribution is 7.89. The van der Waals surface area contributed by atoms with Gasteiger partial charge in [0, 0.05) is 26.4 Å². The van der Waals surface area contributed by atoms with E-state index in [1.165, 1.54) is 23.6 Å². The van der Waals surface area contributed by atoms with E-state index in [1.54, 1.807) is 6.07 Å². The van der Waals surface area contributed by atoms with E-state index in [9.17, 15) is 8.42 Å². The van der Waals surface area contributed by atoms with Gasteiger partial charge < -0.3 is 10.5 Å². The average Bonchev–Trinajstić information content (AvgIpc) is 2.82. The number of aromatic nitrogens is 1. The molecule has 0 radical (unpaired) electrons. The fourth-order valence-corrected chi connectivity index (χ4v) is 3.23. The Morgan fingerprint density at radius 2 is 2.39 bits per heavy atom. The van der Waals surface area contributed by atoms with Crippen molar-refractivity contribution >= 4 is 15.8 Å². The number of ether oxygens (including phenoxy) is 1. The van der Waals surface area contributed by atoms with Crippen LogP contribution in [0.4, 0.5) is 5.82 Å². The zero-order valence-corrected chi connectivity index (χ0v) is 11.1. The van der Waals surface area contributed by atoms with Crippen LogP contribution in [0.25, 0.3) is 0 Å². The Bertz CT molecular complexity index is 512. The molecule has 0 spiro atoms. The first kappa shape index (κ1) is 13.3. The summed E-state index contributed by atoms with van der Waals surface area (Å²) in [6.45, 7) is 1.05. The SMILES string of the molecule is CN(CC1CCCO1)S(=O)(=O)c1cccnc1N. The number of hydrogen-bond acceptors (Lipinski definition) is 5. The van der Waals surface area contributed by atoms with E-state index in [2.05, 4.69) is 4.98 Å². The molecule has 1 atom stereocenters. The largest absolute Gasteiger partial charge is 0.383 e. The molecular formula is C11H17N3O3S. The lowest BCUT2D eigenvalue weighted by Gasteiger charge is -2.20. The third kappa shape index (κ3) is 2.63. The number of likely N-dealkylation sites (N-methyl/N-ethyl adjacent to an activating group) is 1. The predicted octanol–water partition coefficient (Wildman–Crippen LogP) is 0.463. The maximum atomic E-state index is 12.3. The molecule has 2 rings (SSSR count). The minimum atomic E-state index is -3.59. The van der Waals surface area contributed by atoms with Gasteiger partial charge in [-0.1, -0.05) is 0 Å². The Morgan fingerprint density at radius 3 is 3.00 bits per heavy atom. The Kier molecular flexibility index (Phi) is 3.84. The van der Waals surface area contributed by atoms with Gasteiger partial charge in [-0.3, -0.25) is 0 Å². The molecule has 1 unspecified atom stereocenters. The van der Waals surface area contributed by atoms with Crippen LogP contribution in [0, 0.1) is 0 Å². The van der Waals surface area contributed by atoms with Crippen molar-refractivity contribution in [2.75, 3.05) is 25.9 Å². The molecule has 7 heteroatoms. The van der Waals surface area contributed by atoms with Crippen LogP contribution in [0.1, 0.15) is 12.8 Å². The van der Waals surface area contributed by atoms with Gasteiger partial charge in [0.25, 0.3) is 0 Å². The zero-order valence-electron chi connectivity index (χ0n) is 10.2. The first-order chi connectivity index (χ1) is 8.51. The number of nitrogen functional groups attached to an aromatic ring is 1. The van der Waals surface area contributed by atoms with Crippen LogP contribution in [0.5, 0.6) is 0 Å². The van der Waals surface area contributed by atoms with E-state index in [1.807, 2.05) is 0 Å². The molecule has 0 aliphatic carbocycles. The lowest BCUT2D eigenvalue weighted by molar-refractivity contribution is 0.0979. The van der Waals surface area contributed by atoms with Crippen LogP contribution in [-0.4, -0.2) is 44.0 Å².